The predicted octanol–water partition coefficient (Wildman–Crippen LogP) is 3.38. The van der Waals surface area contributed by atoms with Crippen molar-refractivity contribution < 1.29 is 9.59 Å². The lowest BCUT2D eigenvalue weighted by atomic mass is 9.91. The minimum absolute atomic E-state index is 0.00647. The minimum atomic E-state index is -0.00647. The van der Waals surface area contributed by atoms with Crippen molar-refractivity contribution in [2.75, 3.05) is 26.2 Å². The standard InChI is InChI=1S/C19H27ClN2O2/c1-19(2,3)14-18(24)22-10-4-9-21(11-12-22)17(23)13-15-5-7-16(20)8-6-15/h5-8H,4,9-14H2,1-3H3. The van der Waals surface area contributed by atoms with Crippen LogP contribution in [0.4, 0.5) is 0 Å². The van der Waals surface area contributed by atoms with Gasteiger partial charge < -0.3 is 9.80 Å². The maximum Gasteiger partial charge on any atom is 0.227 e. The van der Waals surface area contributed by atoms with Crippen molar-refractivity contribution in [2.45, 2.75) is 40.0 Å². The van der Waals surface area contributed by atoms with Gasteiger partial charge in [-0.3, -0.25) is 9.59 Å². The van der Waals surface area contributed by atoms with E-state index in [1.807, 2.05) is 21.9 Å². The molecule has 2 rings (SSSR count). The predicted molar refractivity (Wildman–Crippen MR) is 97.0 cm³/mol. The van der Waals surface area contributed by atoms with Gasteiger partial charge in [-0.15, -0.1) is 0 Å². The molecule has 0 N–H and O–H groups in total. The summed E-state index contributed by atoms with van der Waals surface area (Å²) in [5.41, 5.74) is 0.960. The number of nitrogens with zero attached hydrogens (tertiary/aromatic N) is 2. The third-order valence-electron chi connectivity index (χ3n) is 4.15. The van der Waals surface area contributed by atoms with Crippen LogP contribution in [0.5, 0.6) is 0 Å². The Kier molecular flexibility index (Phi) is 6.27. The van der Waals surface area contributed by atoms with Crippen LogP contribution in [0.3, 0.4) is 0 Å². The third kappa shape index (κ3) is 5.82. The molecule has 0 unspecified atom stereocenters. The SMILES string of the molecule is CC(C)(C)CC(=O)N1CCCN(C(=O)Cc2ccc(Cl)cc2)CC1. The maximum absolute atomic E-state index is 12.5. The molecule has 0 aromatic heterocycles. The van der Waals surface area contributed by atoms with Crippen LogP contribution in [0.25, 0.3) is 0 Å². The average Bonchev–Trinajstić information content (AvgIpc) is 2.74. The van der Waals surface area contributed by atoms with E-state index in [2.05, 4.69) is 20.8 Å². The van der Waals surface area contributed by atoms with Crippen molar-refractivity contribution in [3.8, 4) is 0 Å². The van der Waals surface area contributed by atoms with Gasteiger partial charge >= 0.3 is 0 Å². The zero-order chi connectivity index (χ0) is 17.7. The Morgan fingerprint density at radius 3 is 2.04 bits per heavy atom. The molecule has 132 valence electrons. The Bertz CT molecular complexity index is 578. The fraction of sp³-hybridized carbons (Fsp3) is 0.579. The average molecular weight is 351 g/mol. The van der Waals surface area contributed by atoms with E-state index in [9.17, 15) is 9.59 Å². The summed E-state index contributed by atoms with van der Waals surface area (Å²) in [7, 11) is 0. The van der Waals surface area contributed by atoms with Crippen molar-refractivity contribution in [1.29, 1.82) is 0 Å². The first-order valence-electron chi connectivity index (χ1n) is 8.54. The molecule has 5 heteroatoms. The van der Waals surface area contributed by atoms with E-state index in [1.165, 1.54) is 0 Å². The molecule has 1 heterocycles. The number of amides is 2. The van der Waals surface area contributed by atoms with E-state index in [1.54, 1.807) is 12.1 Å². The molecule has 2 amide bonds. The summed E-state index contributed by atoms with van der Waals surface area (Å²) < 4.78 is 0. The second-order valence-corrected chi connectivity index (χ2v) is 8.09. The van der Waals surface area contributed by atoms with Gasteiger partial charge in [0.1, 0.15) is 0 Å². The number of halogens is 1. The van der Waals surface area contributed by atoms with Crippen molar-refractivity contribution in [1.82, 2.24) is 9.80 Å². The Hall–Kier alpha value is -1.55. The zero-order valence-corrected chi connectivity index (χ0v) is 15.6. The number of carbonyl (C=O) groups excluding carboxylic acids is 2. The summed E-state index contributed by atoms with van der Waals surface area (Å²) >= 11 is 5.88. The van der Waals surface area contributed by atoms with Crippen molar-refractivity contribution in [3.05, 3.63) is 34.9 Å². The fourth-order valence-corrected chi connectivity index (χ4v) is 3.00. The number of carbonyl (C=O) groups is 2. The van der Waals surface area contributed by atoms with E-state index >= 15 is 0 Å². The molecule has 4 nitrogen and oxygen atoms in total. The Morgan fingerprint density at radius 1 is 0.958 bits per heavy atom. The van der Waals surface area contributed by atoms with Gasteiger partial charge in [-0.2, -0.15) is 0 Å². The lowest BCUT2D eigenvalue weighted by Crippen LogP contribution is -2.38. The van der Waals surface area contributed by atoms with Crippen LogP contribution in [-0.2, 0) is 16.0 Å². The molecular weight excluding hydrogens is 324 g/mol. The van der Waals surface area contributed by atoms with Gasteiger partial charge in [-0.25, -0.2) is 0 Å². The molecule has 1 fully saturated rings. The van der Waals surface area contributed by atoms with Crippen molar-refractivity contribution in [2.24, 2.45) is 5.41 Å². The number of hydrogen-bond acceptors (Lipinski definition) is 2. The van der Waals surface area contributed by atoms with Crippen LogP contribution in [0.15, 0.2) is 24.3 Å². The van der Waals surface area contributed by atoms with Crippen molar-refractivity contribution >= 4 is 23.4 Å². The zero-order valence-electron chi connectivity index (χ0n) is 14.8. The summed E-state index contributed by atoms with van der Waals surface area (Å²) in [6.07, 6.45) is 1.76. The van der Waals surface area contributed by atoms with Crippen LogP contribution < -0.4 is 0 Å². The highest BCUT2D eigenvalue weighted by Crippen LogP contribution is 2.20. The Morgan fingerprint density at radius 2 is 1.50 bits per heavy atom. The second-order valence-electron chi connectivity index (χ2n) is 7.66. The van der Waals surface area contributed by atoms with E-state index in [4.69, 9.17) is 11.6 Å². The van der Waals surface area contributed by atoms with Crippen LogP contribution >= 0.6 is 11.6 Å². The van der Waals surface area contributed by atoms with E-state index in [-0.39, 0.29) is 17.2 Å². The minimum Gasteiger partial charge on any atom is -0.341 e. The second kappa shape index (κ2) is 8.02. The number of rotatable bonds is 3. The van der Waals surface area contributed by atoms with Gasteiger partial charge in [0, 0.05) is 37.6 Å². The Labute approximate surface area is 149 Å². The monoisotopic (exact) mass is 350 g/mol. The molecule has 0 bridgehead atoms. The molecule has 1 aliphatic heterocycles. The van der Waals surface area contributed by atoms with Crippen LogP contribution in [-0.4, -0.2) is 47.8 Å². The van der Waals surface area contributed by atoms with Crippen LogP contribution in [0.2, 0.25) is 5.02 Å². The first-order chi connectivity index (χ1) is 11.2. The van der Waals surface area contributed by atoms with E-state index < -0.39 is 0 Å². The summed E-state index contributed by atoms with van der Waals surface area (Å²) in [5.74, 6) is 0.303. The molecule has 0 spiro atoms. The van der Waals surface area contributed by atoms with Gasteiger partial charge in [-0.05, 0) is 29.5 Å². The quantitative estimate of drug-likeness (QED) is 0.838. The molecule has 1 aromatic carbocycles. The molecule has 1 saturated heterocycles. The third-order valence-corrected chi connectivity index (χ3v) is 4.40. The molecule has 0 aliphatic carbocycles. The normalized spacial score (nSPS) is 16.0. The molecule has 0 saturated carbocycles. The van der Waals surface area contributed by atoms with Crippen LogP contribution in [0, 0.1) is 5.41 Å². The smallest absolute Gasteiger partial charge is 0.227 e. The lowest BCUT2D eigenvalue weighted by Gasteiger charge is -2.25. The molecule has 24 heavy (non-hydrogen) atoms. The summed E-state index contributed by atoms with van der Waals surface area (Å²) in [6.45, 7) is 8.91. The van der Waals surface area contributed by atoms with Gasteiger partial charge in [0.25, 0.3) is 0 Å². The highest BCUT2D eigenvalue weighted by atomic mass is 35.5. The summed E-state index contributed by atoms with van der Waals surface area (Å²) in [6, 6.07) is 7.38. The van der Waals surface area contributed by atoms with Gasteiger partial charge in [-0.1, -0.05) is 44.5 Å². The Balaban J connectivity index is 1.89. The molecular formula is C19H27ClN2O2. The highest BCUT2D eigenvalue weighted by molar-refractivity contribution is 6.30. The molecule has 0 radical (unpaired) electrons. The molecule has 1 aromatic rings. The van der Waals surface area contributed by atoms with E-state index in [0.717, 1.165) is 18.5 Å². The maximum atomic E-state index is 12.5. The highest BCUT2D eigenvalue weighted by Gasteiger charge is 2.25. The van der Waals surface area contributed by atoms with Gasteiger partial charge in [0.15, 0.2) is 0 Å². The van der Waals surface area contributed by atoms with Gasteiger partial charge in [0.2, 0.25) is 11.8 Å². The first kappa shape index (κ1) is 18.8. The first-order valence-corrected chi connectivity index (χ1v) is 8.92. The molecule has 0 atom stereocenters. The number of hydrogen-bond donors (Lipinski definition) is 0. The van der Waals surface area contributed by atoms with Crippen LogP contribution in [0.1, 0.15) is 39.2 Å². The summed E-state index contributed by atoms with van der Waals surface area (Å²) in [5, 5.41) is 0.675. The van der Waals surface area contributed by atoms with Gasteiger partial charge in [0.05, 0.1) is 6.42 Å². The van der Waals surface area contributed by atoms with E-state index in [0.29, 0.717) is 37.5 Å². The fourth-order valence-electron chi connectivity index (χ4n) is 2.87. The topological polar surface area (TPSA) is 40.6 Å². The number of benzene rings is 1. The molecule has 1 aliphatic rings. The van der Waals surface area contributed by atoms with Crippen molar-refractivity contribution in [3.63, 3.8) is 0 Å². The largest absolute Gasteiger partial charge is 0.341 e. The summed E-state index contributed by atoms with van der Waals surface area (Å²) in [4.78, 5) is 28.7. The lowest BCUT2D eigenvalue weighted by molar-refractivity contribution is -0.134.